The number of ether oxygens (including phenoxy) is 4. The van der Waals surface area contributed by atoms with Gasteiger partial charge in [0.15, 0.2) is 12.4 Å². The summed E-state index contributed by atoms with van der Waals surface area (Å²) in [7, 11) is 1.30. The van der Waals surface area contributed by atoms with E-state index >= 15 is 0 Å². The van der Waals surface area contributed by atoms with E-state index in [1.165, 1.54) is 7.11 Å². The van der Waals surface area contributed by atoms with E-state index < -0.39 is 23.8 Å². The monoisotopic (exact) mass is 499 g/mol. The molecule has 0 spiro atoms. The molecule has 5 rings (SSSR count). The Morgan fingerprint density at radius 3 is 2.57 bits per heavy atom. The number of nitrogens with two attached hydrogens (primary N) is 1. The van der Waals surface area contributed by atoms with Gasteiger partial charge in [0, 0.05) is 11.5 Å². The molecule has 0 radical (unpaired) electrons. The van der Waals surface area contributed by atoms with Gasteiger partial charge >= 0.3 is 11.9 Å². The average Bonchev–Trinajstić information content (AvgIpc) is 3.21. The molecule has 3 aromatic carbocycles. The number of allylic oxidation sites excluding steroid dienone is 1. The highest BCUT2D eigenvalue weighted by atomic mass is 16.5. The van der Waals surface area contributed by atoms with E-state index in [1.54, 1.807) is 60.7 Å². The van der Waals surface area contributed by atoms with Crippen LogP contribution in [0.2, 0.25) is 0 Å². The summed E-state index contributed by atoms with van der Waals surface area (Å²) in [5, 5.41) is 0. The summed E-state index contributed by atoms with van der Waals surface area (Å²) in [5.41, 5.74) is 7.85. The first kappa shape index (κ1) is 23.8. The summed E-state index contributed by atoms with van der Waals surface area (Å²) in [5.74, 6) is -1.15. The maximum Gasteiger partial charge on any atom is 0.337 e. The highest BCUT2D eigenvalue weighted by molar-refractivity contribution is 6.15. The van der Waals surface area contributed by atoms with E-state index in [4.69, 9.17) is 24.7 Å². The number of hydrogen-bond donors (Lipinski definition) is 1. The maximum absolute atomic E-state index is 13.2. The van der Waals surface area contributed by atoms with Crippen molar-refractivity contribution in [3.63, 3.8) is 0 Å². The highest BCUT2D eigenvalue weighted by Crippen LogP contribution is 2.49. The van der Waals surface area contributed by atoms with Crippen molar-refractivity contribution in [3.8, 4) is 17.2 Å². The van der Waals surface area contributed by atoms with Crippen molar-refractivity contribution >= 4 is 29.7 Å². The molecule has 2 N–H and O–H groups in total. The van der Waals surface area contributed by atoms with Crippen LogP contribution in [0.3, 0.4) is 0 Å². The normalized spacial score (nSPS) is 16.9. The zero-order valence-corrected chi connectivity index (χ0v) is 19.7. The molecule has 9 nitrogen and oxygen atoms in total. The number of primary amides is 1. The van der Waals surface area contributed by atoms with E-state index in [9.17, 15) is 19.2 Å². The van der Waals surface area contributed by atoms with Gasteiger partial charge in [-0.25, -0.2) is 4.79 Å². The van der Waals surface area contributed by atoms with Crippen molar-refractivity contribution in [1.82, 2.24) is 0 Å². The fraction of sp³-hybridized carbons (Fsp3) is 0.143. The molecule has 9 heteroatoms. The number of ketones is 1. The third-order valence-corrected chi connectivity index (χ3v) is 6.05. The summed E-state index contributed by atoms with van der Waals surface area (Å²) in [4.78, 5) is 48.4. The molecule has 2 aliphatic rings. The van der Waals surface area contributed by atoms with Crippen LogP contribution in [0.1, 0.15) is 49.7 Å². The topological polar surface area (TPSA) is 131 Å². The van der Waals surface area contributed by atoms with Crippen LogP contribution in [-0.2, 0) is 14.3 Å². The zero-order chi connectivity index (χ0) is 26.1. The van der Waals surface area contributed by atoms with E-state index in [-0.39, 0.29) is 24.6 Å². The third-order valence-electron chi connectivity index (χ3n) is 6.05. The molecular formula is C28H21NO8. The van der Waals surface area contributed by atoms with Gasteiger partial charge in [-0.3, -0.25) is 14.4 Å². The number of methoxy groups -OCH3 is 1. The molecule has 0 saturated heterocycles. The number of carbonyl (C=O) groups is 4. The Kier molecular flexibility index (Phi) is 6.19. The summed E-state index contributed by atoms with van der Waals surface area (Å²) in [6.45, 7) is -0.283. The van der Waals surface area contributed by atoms with Gasteiger partial charge < -0.3 is 24.7 Å². The first-order valence-electron chi connectivity index (χ1n) is 11.4. The van der Waals surface area contributed by atoms with E-state index in [0.29, 0.717) is 39.5 Å². The van der Waals surface area contributed by atoms with Gasteiger partial charge in [-0.1, -0.05) is 24.3 Å². The van der Waals surface area contributed by atoms with Gasteiger partial charge in [0.1, 0.15) is 17.2 Å². The summed E-state index contributed by atoms with van der Waals surface area (Å²) >= 11 is 0. The van der Waals surface area contributed by atoms with Gasteiger partial charge in [-0.05, 0) is 53.6 Å². The Labute approximate surface area is 211 Å². The Morgan fingerprint density at radius 2 is 1.84 bits per heavy atom. The van der Waals surface area contributed by atoms with Crippen LogP contribution in [0, 0.1) is 0 Å². The zero-order valence-electron chi connectivity index (χ0n) is 19.7. The van der Waals surface area contributed by atoms with Gasteiger partial charge in [-0.15, -0.1) is 0 Å². The highest BCUT2D eigenvalue weighted by Gasteiger charge is 2.38. The van der Waals surface area contributed by atoms with Crippen molar-refractivity contribution in [3.05, 3.63) is 94.2 Å². The molecule has 3 aromatic rings. The molecule has 0 aromatic heterocycles. The summed E-state index contributed by atoms with van der Waals surface area (Å²) in [6.07, 6.45) is 1.60. The number of hydrogen-bond acceptors (Lipinski definition) is 8. The standard InChI is InChI=1S/C28H21NO8/c1-34-28(33)16-7-5-15(6-8-16)11-22-26(32)19-9-10-21-25(27(19)37-22)20(13-24(31)36-21)17-3-2-4-18(12-17)35-14-23(29)30/h2-12,20H,13-14H2,1H3,(H2,29,30)/b22-11-. The molecule has 37 heavy (non-hydrogen) atoms. The van der Waals surface area contributed by atoms with Gasteiger partial charge in [0.25, 0.3) is 5.91 Å². The minimum atomic E-state index is -0.610. The van der Waals surface area contributed by atoms with Crippen LogP contribution in [-0.4, -0.2) is 37.3 Å². The Balaban J connectivity index is 1.50. The Hall–Kier alpha value is -4.92. The fourth-order valence-electron chi connectivity index (χ4n) is 4.35. The van der Waals surface area contributed by atoms with Crippen LogP contribution in [0.25, 0.3) is 6.08 Å². The lowest BCUT2D eigenvalue weighted by atomic mass is 9.84. The molecular weight excluding hydrogens is 478 g/mol. The van der Waals surface area contributed by atoms with Gasteiger partial charge in [0.2, 0.25) is 5.78 Å². The van der Waals surface area contributed by atoms with Crippen LogP contribution < -0.4 is 19.9 Å². The van der Waals surface area contributed by atoms with Crippen LogP contribution in [0.15, 0.2) is 66.4 Å². The second-order valence-electron chi connectivity index (χ2n) is 8.47. The molecule has 1 atom stereocenters. The van der Waals surface area contributed by atoms with Gasteiger partial charge in [-0.2, -0.15) is 0 Å². The molecule has 0 aliphatic carbocycles. The van der Waals surface area contributed by atoms with Crippen molar-refractivity contribution in [2.75, 3.05) is 13.7 Å². The van der Waals surface area contributed by atoms with Crippen molar-refractivity contribution in [1.29, 1.82) is 0 Å². The molecule has 2 heterocycles. The molecule has 0 fully saturated rings. The predicted octanol–water partition coefficient (Wildman–Crippen LogP) is 3.39. The summed E-state index contributed by atoms with van der Waals surface area (Å²) < 4.78 is 21.7. The predicted molar refractivity (Wildman–Crippen MR) is 130 cm³/mol. The first-order valence-corrected chi connectivity index (χ1v) is 11.4. The lowest BCUT2D eigenvalue weighted by molar-refractivity contribution is -0.135. The number of fused-ring (bicyclic) bond motifs is 3. The molecule has 186 valence electrons. The second-order valence-corrected chi connectivity index (χ2v) is 8.47. The second kappa shape index (κ2) is 9.62. The molecule has 0 bridgehead atoms. The van der Waals surface area contributed by atoms with E-state index in [0.717, 1.165) is 5.56 Å². The lowest BCUT2D eigenvalue weighted by Gasteiger charge is -2.26. The largest absolute Gasteiger partial charge is 0.484 e. The molecule has 1 unspecified atom stereocenters. The van der Waals surface area contributed by atoms with Crippen molar-refractivity contribution < 1.29 is 38.1 Å². The van der Waals surface area contributed by atoms with Crippen molar-refractivity contribution in [2.24, 2.45) is 5.73 Å². The fourth-order valence-corrected chi connectivity index (χ4v) is 4.35. The summed E-state index contributed by atoms with van der Waals surface area (Å²) in [6, 6.07) is 16.6. The number of amides is 1. The van der Waals surface area contributed by atoms with Crippen LogP contribution in [0.4, 0.5) is 0 Å². The average molecular weight is 499 g/mol. The smallest absolute Gasteiger partial charge is 0.337 e. The SMILES string of the molecule is COC(=O)c1ccc(/C=C2\Oc3c(ccc4c3C(c3cccc(OCC(N)=O)c3)CC(=O)O4)C2=O)cc1. The minimum absolute atomic E-state index is 0.0221. The maximum atomic E-state index is 13.2. The van der Waals surface area contributed by atoms with Gasteiger partial charge in [0.05, 0.1) is 24.7 Å². The quantitative estimate of drug-likeness (QED) is 0.310. The number of benzene rings is 3. The minimum Gasteiger partial charge on any atom is -0.484 e. The lowest BCUT2D eigenvalue weighted by Crippen LogP contribution is -2.22. The molecule has 0 saturated carbocycles. The number of carbonyl (C=O) groups excluding carboxylic acids is 4. The molecule has 1 amide bonds. The number of esters is 2. The van der Waals surface area contributed by atoms with E-state index in [2.05, 4.69) is 0 Å². The Morgan fingerprint density at radius 1 is 1.05 bits per heavy atom. The van der Waals surface area contributed by atoms with Crippen LogP contribution >= 0.6 is 0 Å². The van der Waals surface area contributed by atoms with E-state index in [1.807, 2.05) is 6.07 Å². The Bertz CT molecular complexity index is 1470. The molecule has 2 aliphatic heterocycles. The number of Topliss-reactive ketones (excluding diaryl/α,β-unsaturated/α-hetero) is 1. The third kappa shape index (κ3) is 4.66. The van der Waals surface area contributed by atoms with Crippen LogP contribution in [0.5, 0.6) is 17.2 Å². The van der Waals surface area contributed by atoms with Crippen molar-refractivity contribution in [2.45, 2.75) is 12.3 Å². The first-order chi connectivity index (χ1) is 17.8. The number of rotatable bonds is 6.